The zero-order valence-electron chi connectivity index (χ0n) is 14.6. The minimum Gasteiger partial charge on any atom is -0.350 e. The second-order valence-electron chi connectivity index (χ2n) is 6.44. The van der Waals surface area contributed by atoms with Gasteiger partial charge in [-0.2, -0.15) is 0 Å². The Morgan fingerprint density at radius 2 is 1.50 bits per heavy atom. The van der Waals surface area contributed by atoms with Crippen LogP contribution in [0.1, 0.15) is 11.1 Å². The first-order valence-corrected chi connectivity index (χ1v) is 8.45. The molecule has 4 rings (SSSR count). The van der Waals surface area contributed by atoms with E-state index < -0.39 is 0 Å². The molecule has 0 aromatic heterocycles. The Hall–Kier alpha value is -3.40. The maximum atomic E-state index is 12.7. The molecule has 2 amide bonds. The van der Waals surface area contributed by atoms with Crippen LogP contribution in [0.2, 0.25) is 0 Å². The number of nitrogens with zero attached hydrogens (tertiary/aromatic N) is 1. The van der Waals surface area contributed by atoms with Gasteiger partial charge < -0.3 is 5.32 Å². The fourth-order valence-corrected chi connectivity index (χ4v) is 3.21. The van der Waals surface area contributed by atoms with Crippen molar-refractivity contribution in [2.24, 2.45) is 0 Å². The topological polar surface area (TPSA) is 49.4 Å². The van der Waals surface area contributed by atoms with Gasteiger partial charge in [-0.3, -0.25) is 14.5 Å². The van der Waals surface area contributed by atoms with E-state index in [9.17, 15) is 9.59 Å². The lowest BCUT2D eigenvalue weighted by molar-refractivity contribution is -0.135. The number of hydrogen-bond donors (Lipinski definition) is 1. The Morgan fingerprint density at radius 1 is 0.808 bits per heavy atom. The largest absolute Gasteiger partial charge is 0.350 e. The van der Waals surface area contributed by atoms with Crippen molar-refractivity contribution in [1.29, 1.82) is 0 Å². The molecule has 3 aromatic rings. The highest BCUT2D eigenvalue weighted by Gasteiger charge is 2.36. The van der Waals surface area contributed by atoms with Gasteiger partial charge in [-0.05, 0) is 23.9 Å². The van der Waals surface area contributed by atoms with E-state index in [1.807, 2.05) is 73.7 Å². The number of fused-ring (bicyclic) bond motifs is 1. The summed E-state index contributed by atoms with van der Waals surface area (Å²) in [5.74, 6) is -0.611. The molecule has 0 fully saturated rings. The molecule has 1 N–H and O–H groups in total. The van der Waals surface area contributed by atoms with E-state index in [2.05, 4.69) is 5.32 Å². The summed E-state index contributed by atoms with van der Waals surface area (Å²) < 4.78 is 0. The first-order chi connectivity index (χ1) is 12.6. The minimum atomic E-state index is -0.321. The molecule has 128 valence electrons. The molecule has 0 unspecified atom stereocenters. The van der Waals surface area contributed by atoms with Crippen molar-refractivity contribution >= 4 is 33.8 Å². The third-order valence-corrected chi connectivity index (χ3v) is 4.68. The average molecular weight is 342 g/mol. The number of imide groups is 1. The third-order valence-electron chi connectivity index (χ3n) is 4.68. The van der Waals surface area contributed by atoms with Crippen LogP contribution in [0.25, 0.3) is 16.3 Å². The van der Waals surface area contributed by atoms with Crippen molar-refractivity contribution in [2.45, 2.75) is 6.92 Å². The van der Waals surface area contributed by atoms with Crippen molar-refractivity contribution in [3.05, 3.63) is 83.6 Å². The van der Waals surface area contributed by atoms with Gasteiger partial charge in [0.15, 0.2) is 0 Å². The molecule has 4 nitrogen and oxygen atoms in total. The molecular weight excluding hydrogens is 324 g/mol. The van der Waals surface area contributed by atoms with Crippen LogP contribution in [0.5, 0.6) is 0 Å². The maximum Gasteiger partial charge on any atom is 0.277 e. The Balaban J connectivity index is 1.86. The second kappa shape index (κ2) is 6.15. The van der Waals surface area contributed by atoms with Gasteiger partial charge in [-0.1, -0.05) is 66.2 Å². The molecule has 0 bridgehead atoms. The molecule has 0 radical (unpaired) electrons. The van der Waals surface area contributed by atoms with Gasteiger partial charge in [-0.25, -0.2) is 0 Å². The predicted molar refractivity (Wildman–Crippen MR) is 103 cm³/mol. The van der Waals surface area contributed by atoms with Gasteiger partial charge in [0.1, 0.15) is 5.70 Å². The summed E-state index contributed by atoms with van der Waals surface area (Å²) in [5.41, 5.74) is 3.37. The number of nitrogens with one attached hydrogen (secondary N) is 1. The summed E-state index contributed by atoms with van der Waals surface area (Å²) in [4.78, 5) is 26.5. The number of carbonyl (C=O) groups is 2. The normalized spacial score (nSPS) is 14.5. The monoisotopic (exact) mass is 342 g/mol. The highest BCUT2D eigenvalue weighted by atomic mass is 16.2. The van der Waals surface area contributed by atoms with Crippen LogP contribution in [0.3, 0.4) is 0 Å². The number of aryl methyl sites for hydroxylation is 1. The van der Waals surface area contributed by atoms with E-state index >= 15 is 0 Å². The SMILES string of the molecule is Cc1ccc(C2=C(Nc3cccc4ccccc34)C(=O)N(C)C2=O)cc1. The lowest BCUT2D eigenvalue weighted by atomic mass is 10.0. The van der Waals surface area contributed by atoms with E-state index in [0.717, 1.165) is 32.5 Å². The Bertz CT molecular complexity index is 1060. The molecule has 1 aliphatic rings. The van der Waals surface area contributed by atoms with Gasteiger partial charge in [0.05, 0.1) is 5.57 Å². The number of amides is 2. The quantitative estimate of drug-likeness (QED) is 0.733. The lowest BCUT2D eigenvalue weighted by Gasteiger charge is -2.11. The average Bonchev–Trinajstić information content (AvgIpc) is 2.87. The molecule has 26 heavy (non-hydrogen) atoms. The van der Waals surface area contributed by atoms with E-state index in [0.29, 0.717) is 11.3 Å². The van der Waals surface area contributed by atoms with Gasteiger partial charge in [0.25, 0.3) is 11.8 Å². The van der Waals surface area contributed by atoms with Gasteiger partial charge in [0.2, 0.25) is 0 Å². The van der Waals surface area contributed by atoms with Gasteiger partial charge in [0, 0.05) is 18.1 Å². The Kier molecular flexibility index (Phi) is 3.81. The molecular formula is C22H18N2O2. The summed E-state index contributed by atoms with van der Waals surface area (Å²) in [5, 5.41) is 5.30. The fourth-order valence-electron chi connectivity index (χ4n) is 3.21. The summed E-state index contributed by atoms with van der Waals surface area (Å²) in [6.07, 6.45) is 0. The van der Waals surface area contributed by atoms with Crippen LogP contribution in [0, 0.1) is 6.92 Å². The van der Waals surface area contributed by atoms with Crippen LogP contribution < -0.4 is 5.32 Å². The summed E-state index contributed by atoms with van der Waals surface area (Å²) in [6.45, 7) is 1.99. The van der Waals surface area contributed by atoms with Crippen molar-refractivity contribution in [2.75, 3.05) is 12.4 Å². The van der Waals surface area contributed by atoms with E-state index in [1.54, 1.807) is 0 Å². The van der Waals surface area contributed by atoms with Crippen molar-refractivity contribution in [3.8, 4) is 0 Å². The number of hydrogen-bond acceptors (Lipinski definition) is 3. The Morgan fingerprint density at radius 3 is 2.27 bits per heavy atom. The first kappa shape index (κ1) is 16.1. The molecule has 4 heteroatoms. The van der Waals surface area contributed by atoms with Crippen LogP contribution in [-0.2, 0) is 9.59 Å². The lowest BCUT2D eigenvalue weighted by Crippen LogP contribution is -2.27. The van der Waals surface area contributed by atoms with E-state index in [1.165, 1.54) is 7.05 Å². The van der Waals surface area contributed by atoms with Gasteiger partial charge >= 0.3 is 0 Å². The highest BCUT2D eigenvalue weighted by molar-refractivity contribution is 6.36. The zero-order valence-corrected chi connectivity index (χ0v) is 14.6. The molecule has 3 aromatic carbocycles. The number of rotatable bonds is 3. The molecule has 1 aliphatic heterocycles. The zero-order chi connectivity index (χ0) is 18.3. The van der Waals surface area contributed by atoms with Crippen LogP contribution in [0.15, 0.2) is 72.4 Å². The van der Waals surface area contributed by atoms with Crippen molar-refractivity contribution < 1.29 is 9.59 Å². The first-order valence-electron chi connectivity index (χ1n) is 8.45. The van der Waals surface area contributed by atoms with Crippen LogP contribution in [-0.4, -0.2) is 23.8 Å². The molecule has 0 atom stereocenters. The molecule has 1 heterocycles. The smallest absolute Gasteiger partial charge is 0.277 e. The predicted octanol–water partition coefficient (Wildman–Crippen LogP) is 3.97. The van der Waals surface area contributed by atoms with Crippen molar-refractivity contribution in [1.82, 2.24) is 4.90 Å². The second-order valence-corrected chi connectivity index (χ2v) is 6.44. The molecule has 0 spiro atoms. The Labute approximate surface area is 151 Å². The number of benzene rings is 3. The summed E-state index contributed by atoms with van der Waals surface area (Å²) in [7, 11) is 1.51. The van der Waals surface area contributed by atoms with E-state index in [4.69, 9.17) is 0 Å². The van der Waals surface area contributed by atoms with Crippen molar-refractivity contribution in [3.63, 3.8) is 0 Å². The number of carbonyl (C=O) groups excluding carboxylic acids is 2. The maximum absolute atomic E-state index is 12.7. The minimum absolute atomic E-state index is 0.290. The summed E-state index contributed by atoms with van der Waals surface area (Å²) in [6, 6.07) is 21.4. The standard InChI is InChI=1S/C22H18N2O2/c1-14-10-12-16(13-11-14)19-20(22(26)24(2)21(19)25)23-18-9-5-7-15-6-3-4-8-17(15)18/h3-13,23H,1-2H3. The third kappa shape index (κ3) is 2.56. The molecule has 0 aliphatic carbocycles. The molecule has 0 saturated heterocycles. The van der Waals surface area contributed by atoms with Crippen LogP contribution in [0.4, 0.5) is 5.69 Å². The molecule has 0 saturated carbocycles. The highest BCUT2D eigenvalue weighted by Crippen LogP contribution is 2.32. The van der Waals surface area contributed by atoms with Crippen LogP contribution >= 0.6 is 0 Å². The fraction of sp³-hybridized carbons (Fsp3) is 0.0909. The number of likely N-dealkylation sites (N-methyl/N-ethyl adjacent to an activating group) is 1. The number of anilines is 1. The van der Waals surface area contributed by atoms with Gasteiger partial charge in [-0.15, -0.1) is 0 Å². The summed E-state index contributed by atoms with van der Waals surface area (Å²) >= 11 is 0. The van der Waals surface area contributed by atoms with E-state index in [-0.39, 0.29) is 11.8 Å².